The van der Waals surface area contributed by atoms with E-state index in [0.717, 1.165) is 48.1 Å². The van der Waals surface area contributed by atoms with Gasteiger partial charge in [-0.1, -0.05) is 17.7 Å². The van der Waals surface area contributed by atoms with Crippen LogP contribution < -0.4 is 10.2 Å². The molecule has 7 heteroatoms. The van der Waals surface area contributed by atoms with Crippen LogP contribution in [0.3, 0.4) is 0 Å². The second-order valence-corrected chi connectivity index (χ2v) is 7.26. The van der Waals surface area contributed by atoms with E-state index in [9.17, 15) is 4.79 Å². The number of nitrogens with one attached hydrogen (secondary N) is 1. The van der Waals surface area contributed by atoms with E-state index >= 15 is 0 Å². The van der Waals surface area contributed by atoms with Crippen LogP contribution in [0.25, 0.3) is 0 Å². The van der Waals surface area contributed by atoms with E-state index in [2.05, 4.69) is 20.6 Å². The number of thiazole rings is 1. The standard InChI is InChI=1S/C17H21ClN4OS/c1-12-4-5-14(18)10-15(12)20-16(23)21-6-3-7-22(9-8-21)17-19-13(2)11-24-17/h4-5,10-11H,3,6-9H2,1-2H3,(H,20,23). The summed E-state index contributed by atoms with van der Waals surface area (Å²) in [4.78, 5) is 21.2. The van der Waals surface area contributed by atoms with Gasteiger partial charge in [-0.3, -0.25) is 0 Å². The molecule has 2 aromatic rings. The van der Waals surface area contributed by atoms with Crippen molar-refractivity contribution in [3.8, 4) is 0 Å². The van der Waals surface area contributed by atoms with E-state index in [-0.39, 0.29) is 6.03 Å². The number of urea groups is 1. The highest BCUT2D eigenvalue weighted by Crippen LogP contribution is 2.23. The molecule has 3 rings (SSSR count). The zero-order valence-electron chi connectivity index (χ0n) is 13.9. The third-order valence-corrected chi connectivity index (χ3v) is 5.36. The molecule has 1 fully saturated rings. The zero-order chi connectivity index (χ0) is 17.1. The molecule has 1 saturated heterocycles. The van der Waals surface area contributed by atoms with Crippen LogP contribution in [-0.4, -0.2) is 42.1 Å². The first-order chi connectivity index (χ1) is 11.5. The van der Waals surface area contributed by atoms with Crippen molar-refractivity contribution in [3.05, 3.63) is 39.9 Å². The number of hydrogen-bond donors (Lipinski definition) is 1. The molecule has 1 aromatic heterocycles. The molecular formula is C17H21ClN4OS. The lowest BCUT2D eigenvalue weighted by molar-refractivity contribution is 0.215. The van der Waals surface area contributed by atoms with E-state index in [0.29, 0.717) is 11.6 Å². The van der Waals surface area contributed by atoms with Crippen LogP contribution >= 0.6 is 22.9 Å². The van der Waals surface area contributed by atoms with Gasteiger partial charge >= 0.3 is 6.03 Å². The third kappa shape index (κ3) is 3.99. The van der Waals surface area contributed by atoms with E-state index in [1.165, 1.54) is 0 Å². The van der Waals surface area contributed by atoms with Crippen LogP contribution in [-0.2, 0) is 0 Å². The van der Waals surface area contributed by atoms with Gasteiger partial charge in [-0.2, -0.15) is 0 Å². The smallest absolute Gasteiger partial charge is 0.321 e. The van der Waals surface area contributed by atoms with Gasteiger partial charge in [0.1, 0.15) is 0 Å². The lowest BCUT2D eigenvalue weighted by Gasteiger charge is -2.22. The number of anilines is 2. The van der Waals surface area contributed by atoms with Gasteiger partial charge in [0, 0.05) is 42.3 Å². The molecule has 2 heterocycles. The molecule has 2 amide bonds. The maximum atomic E-state index is 12.6. The van der Waals surface area contributed by atoms with Crippen molar-refractivity contribution in [1.82, 2.24) is 9.88 Å². The highest BCUT2D eigenvalue weighted by Gasteiger charge is 2.21. The van der Waals surface area contributed by atoms with Gasteiger partial charge in [0.05, 0.1) is 5.69 Å². The Morgan fingerprint density at radius 2 is 2.08 bits per heavy atom. The highest BCUT2D eigenvalue weighted by atomic mass is 35.5. The number of benzene rings is 1. The molecule has 1 aromatic carbocycles. The van der Waals surface area contributed by atoms with Crippen LogP contribution in [0, 0.1) is 13.8 Å². The summed E-state index contributed by atoms with van der Waals surface area (Å²) in [5, 5.41) is 6.70. The van der Waals surface area contributed by atoms with Gasteiger partial charge in [0.25, 0.3) is 0 Å². The van der Waals surface area contributed by atoms with Crippen molar-refractivity contribution >= 4 is 39.8 Å². The van der Waals surface area contributed by atoms with Crippen LogP contribution in [0.2, 0.25) is 5.02 Å². The average Bonchev–Trinajstić information content (AvgIpc) is 2.83. The lowest BCUT2D eigenvalue weighted by atomic mass is 10.2. The van der Waals surface area contributed by atoms with Crippen LogP contribution in [0.1, 0.15) is 17.7 Å². The number of aryl methyl sites for hydroxylation is 2. The first kappa shape index (κ1) is 17.0. The first-order valence-electron chi connectivity index (χ1n) is 8.02. The summed E-state index contributed by atoms with van der Waals surface area (Å²) in [5.74, 6) is 0. The van der Waals surface area contributed by atoms with E-state index in [4.69, 9.17) is 11.6 Å². The van der Waals surface area contributed by atoms with Crippen molar-refractivity contribution < 1.29 is 4.79 Å². The molecule has 0 spiro atoms. The van der Waals surface area contributed by atoms with Gasteiger partial charge in [-0.15, -0.1) is 11.3 Å². The Kier molecular flexibility index (Phi) is 5.26. The van der Waals surface area contributed by atoms with Crippen molar-refractivity contribution in [2.24, 2.45) is 0 Å². The summed E-state index contributed by atoms with van der Waals surface area (Å²) in [5.41, 5.74) is 2.82. The topological polar surface area (TPSA) is 48.5 Å². The fourth-order valence-electron chi connectivity index (χ4n) is 2.72. The minimum atomic E-state index is -0.0717. The molecule has 5 nitrogen and oxygen atoms in total. The summed E-state index contributed by atoms with van der Waals surface area (Å²) >= 11 is 7.69. The summed E-state index contributed by atoms with van der Waals surface area (Å²) in [6.45, 7) is 7.12. The molecule has 0 aliphatic carbocycles. The minimum Gasteiger partial charge on any atom is -0.346 e. The molecule has 0 saturated carbocycles. The Labute approximate surface area is 151 Å². The monoisotopic (exact) mass is 364 g/mol. The largest absolute Gasteiger partial charge is 0.346 e. The van der Waals surface area contributed by atoms with Gasteiger partial charge < -0.3 is 15.1 Å². The maximum absolute atomic E-state index is 12.6. The molecule has 0 atom stereocenters. The first-order valence-corrected chi connectivity index (χ1v) is 9.28. The molecule has 1 aliphatic heterocycles. The molecule has 0 unspecified atom stereocenters. The lowest BCUT2D eigenvalue weighted by Crippen LogP contribution is -2.38. The zero-order valence-corrected chi connectivity index (χ0v) is 15.5. The normalized spacial score (nSPS) is 15.3. The minimum absolute atomic E-state index is 0.0717. The van der Waals surface area contributed by atoms with Gasteiger partial charge in [-0.05, 0) is 38.0 Å². The predicted octanol–water partition coefficient (Wildman–Crippen LogP) is 4.16. The van der Waals surface area contributed by atoms with Crippen LogP contribution in [0.5, 0.6) is 0 Å². The number of hydrogen-bond acceptors (Lipinski definition) is 4. The summed E-state index contributed by atoms with van der Waals surface area (Å²) < 4.78 is 0. The summed E-state index contributed by atoms with van der Waals surface area (Å²) in [6.07, 6.45) is 0.931. The second-order valence-electron chi connectivity index (χ2n) is 5.99. The third-order valence-electron chi connectivity index (χ3n) is 4.10. The Bertz CT molecular complexity index is 733. The Hall–Kier alpha value is -1.79. The number of aromatic nitrogens is 1. The number of carbonyl (C=O) groups is 1. The highest BCUT2D eigenvalue weighted by molar-refractivity contribution is 7.13. The number of amides is 2. The van der Waals surface area contributed by atoms with E-state index in [1.807, 2.05) is 30.9 Å². The molecule has 24 heavy (non-hydrogen) atoms. The van der Waals surface area contributed by atoms with Crippen LogP contribution in [0.15, 0.2) is 23.6 Å². The molecule has 0 bridgehead atoms. The van der Waals surface area contributed by atoms with Gasteiger partial charge in [0.2, 0.25) is 0 Å². The molecule has 128 valence electrons. The van der Waals surface area contributed by atoms with Crippen molar-refractivity contribution in [2.45, 2.75) is 20.3 Å². The number of halogens is 1. The number of carbonyl (C=O) groups excluding carboxylic acids is 1. The van der Waals surface area contributed by atoms with Crippen molar-refractivity contribution in [3.63, 3.8) is 0 Å². The summed E-state index contributed by atoms with van der Waals surface area (Å²) in [7, 11) is 0. The fraction of sp³-hybridized carbons (Fsp3) is 0.412. The predicted molar refractivity (Wildman–Crippen MR) is 100 cm³/mol. The molecule has 0 radical (unpaired) electrons. The second kappa shape index (κ2) is 7.40. The van der Waals surface area contributed by atoms with Gasteiger partial charge in [0.15, 0.2) is 5.13 Å². The SMILES string of the molecule is Cc1csc(N2CCCN(C(=O)Nc3cc(Cl)ccc3C)CC2)n1. The maximum Gasteiger partial charge on any atom is 0.321 e. The van der Waals surface area contributed by atoms with Crippen molar-refractivity contribution in [1.29, 1.82) is 0 Å². The fourth-order valence-corrected chi connectivity index (χ4v) is 3.75. The molecule has 1 N–H and O–H groups in total. The Balaban J connectivity index is 1.63. The number of nitrogens with zero attached hydrogens (tertiary/aromatic N) is 3. The quantitative estimate of drug-likeness (QED) is 0.870. The molecule has 1 aliphatic rings. The van der Waals surface area contributed by atoms with E-state index in [1.54, 1.807) is 17.4 Å². The summed E-state index contributed by atoms with van der Waals surface area (Å²) in [6, 6.07) is 5.45. The van der Waals surface area contributed by atoms with E-state index < -0.39 is 0 Å². The van der Waals surface area contributed by atoms with Gasteiger partial charge in [-0.25, -0.2) is 9.78 Å². The molecular weight excluding hydrogens is 344 g/mol. The number of rotatable bonds is 2. The Morgan fingerprint density at radius 3 is 2.83 bits per heavy atom. The van der Waals surface area contributed by atoms with Crippen LogP contribution in [0.4, 0.5) is 15.6 Å². The van der Waals surface area contributed by atoms with Crippen molar-refractivity contribution in [2.75, 3.05) is 36.4 Å². The average molecular weight is 365 g/mol. The Morgan fingerprint density at radius 1 is 1.25 bits per heavy atom.